The smallest absolute Gasteiger partial charge is 0.475 e. The average molecular weight is 416 g/mol. The monoisotopic (exact) mass is 416 g/mol. The lowest BCUT2D eigenvalue weighted by atomic mass is 9.91. The van der Waals surface area contributed by atoms with E-state index >= 15 is 0 Å². The molecule has 160 valence electrons. The minimum absolute atomic E-state index is 0.153. The number of piperidine rings is 1. The summed E-state index contributed by atoms with van der Waals surface area (Å²) in [4.78, 5) is 33.9. The summed E-state index contributed by atoms with van der Waals surface area (Å²) in [7, 11) is 0. The number of likely N-dealkylation sites (tertiary alicyclic amines) is 1. The number of rotatable bonds is 2. The molecular weight excluding hydrogens is 393 g/mol. The summed E-state index contributed by atoms with van der Waals surface area (Å²) in [5.74, 6) is -1.09. The second-order valence-corrected chi connectivity index (χ2v) is 7.30. The summed E-state index contributed by atoms with van der Waals surface area (Å²) in [5.41, 5.74) is 0. The van der Waals surface area contributed by atoms with Crippen LogP contribution < -0.4 is 4.90 Å². The highest BCUT2D eigenvalue weighted by Gasteiger charge is 2.43. The Morgan fingerprint density at radius 3 is 2.48 bits per heavy atom. The van der Waals surface area contributed by atoms with Crippen LogP contribution in [0.1, 0.15) is 25.7 Å². The lowest BCUT2D eigenvalue weighted by Gasteiger charge is -2.34. The molecule has 3 saturated heterocycles. The number of carboxylic acid groups (broad SMARTS) is 1. The number of hydrogen-bond acceptors (Lipinski definition) is 6. The molecule has 0 bridgehead atoms. The number of nitrogens with zero attached hydrogens (tertiary/aromatic N) is 4. The molecule has 3 aliphatic heterocycles. The van der Waals surface area contributed by atoms with Crippen molar-refractivity contribution in [3.8, 4) is 0 Å². The first kappa shape index (κ1) is 21.3. The Hall–Kier alpha value is -2.43. The molecule has 0 aromatic carbocycles. The zero-order chi connectivity index (χ0) is 21.0. The van der Waals surface area contributed by atoms with E-state index in [-0.39, 0.29) is 18.1 Å². The molecule has 3 aliphatic rings. The van der Waals surface area contributed by atoms with Crippen molar-refractivity contribution in [2.75, 3.05) is 31.1 Å². The maximum atomic E-state index is 12.5. The molecule has 29 heavy (non-hydrogen) atoms. The Labute approximate surface area is 165 Å². The van der Waals surface area contributed by atoms with Gasteiger partial charge in [0.1, 0.15) is 18.2 Å². The number of anilines is 1. The van der Waals surface area contributed by atoms with Crippen LogP contribution in [0.3, 0.4) is 0 Å². The van der Waals surface area contributed by atoms with E-state index in [1.165, 1.54) is 0 Å². The lowest BCUT2D eigenvalue weighted by Crippen LogP contribution is -2.43. The SMILES string of the molecule is O=C(O)C(F)(F)F.O=C([C@H]1C[C@@H]2CCN(c3ccncn3)C[C@H]2O1)N1CCCC1. The number of aliphatic carboxylic acids is 1. The van der Waals surface area contributed by atoms with Gasteiger partial charge in [0.05, 0.1) is 6.10 Å². The van der Waals surface area contributed by atoms with Gasteiger partial charge in [0.25, 0.3) is 5.91 Å². The Bertz CT molecular complexity index is 713. The molecule has 3 fully saturated rings. The number of halogens is 3. The fourth-order valence-corrected chi connectivity index (χ4v) is 3.91. The number of aromatic nitrogens is 2. The number of carboxylic acids is 1. The summed E-state index contributed by atoms with van der Waals surface area (Å²) in [6, 6.07) is 1.93. The number of fused-ring (bicyclic) bond motifs is 1. The standard InChI is InChI=1S/C16H22N4O2.C2HF3O2/c21-16(19-6-1-2-7-19)13-9-12-4-8-20(10-14(12)22-13)15-3-5-17-11-18-15;3-2(4,5)1(6)7/h3,5,11-14H,1-2,4,6-10H2;(H,6,7)/t12-,13+,14+;/m0./s1. The molecule has 0 radical (unpaired) electrons. The van der Waals surface area contributed by atoms with E-state index in [9.17, 15) is 18.0 Å². The topological polar surface area (TPSA) is 95.9 Å². The number of hydrogen-bond donors (Lipinski definition) is 1. The van der Waals surface area contributed by atoms with E-state index in [0.29, 0.717) is 5.92 Å². The molecule has 3 atom stereocenters. The van der Waals surface area contributed by atoms with E-state index < -0.39 is 12.1 Å². The average Bonchev–Trinajstić information content (AvgIpc) is 3.37. The summed E-state index contributed by atoms with van der Waals surface area (Å²) in [6.07, 6.45) is 2.41. The fraction of sp³-hybridized carbons (Fsp3) is 0.667. The summed E-state index contributed by atoms with van der Waals surface area (Å²) >= 11 is 0. The summed E-state index contributed by atoms with van der Waals surface area (Å²) in [5, 5.41) is 7.12. The van der Waals surface area contributed by atoms with Gasteiger partial charge in [-0.05, 0) is 37.7 Å². The van der Waals surface area contributed by atoms with Crippen LogP contribution in [0, 0.1) is 5.92 Å². The summed E-state index contributed by atoms with van der Waals surface area (Å²) < 4.78 is 37.9. The van der Waals surface area contributed by atoms with Crippen LogP contribution in [0.4, 0.5) is 19.0 Å². The quantitative estimate of drug-likeness (QED) is 0.784. The number of ether oxygens (including phenoxy) is 1. The molecule has 0 saturated carbocycles. The van der Waals surface area contributed by atoms with Crippen LogP contribution in [-0.4, -0.2) is 76.4 Å². The zero-order valence-corrected chi connectivity index (χ0v) is 15.7. The van der Waals surface area contributed by atoms with Crippen molar-refractivity contribution in [1.29, 1.82) is 0 Å². The fourth-order valence-electron chi connectivity index (χ4n) is 3.91. The van der Waals surface area contributed by atoms with Gasteiger partial charge < -0.3 is 19.6 Å². The van der Waals surface area contributed by atoms with Gasteiger partial charge in [-0.15, -0.1) is 0 Å². The Morgan fingerprint density at radius 2 is 1.90 bits per heavy atom. The van der Waals surface area contributed by atoms with Gasteiger partial charge in [-0.25, -0.2) is 14.8 Å². The molecule has 4 rings (SSSR count). The van der Waals surface area contributed by atoms with Crippen molar-refractivity contribution < 1.29 is 32.6 Å². The molecular formula is C18H23F3N4O4. The van der Waals surface area contributed by atoms with Crippen molar-refractivity contribution in [3.05, 3.63) is 18.6 Å². The molecule has 1 aromatic heterocycles. The van der Waals surface area contributed by atoms with Crippen LogP contribution in [-0.2, 0) is 14.3 Å². The normalized spacial score (nSPS) is 26.5. The molecule has 0 spiro atoms. The molecule has 0 unspecified atom stereocenters. The van der Waals surface area contributed by atoms with Gasteiger partial charge in [0.2, 0.25) is 0 Å². The zero-order valence-electron chi connectivity index (χ0n) is 15.7. The van der Waals surface area contributed by atoms with Crippen molar-refractivity contribution in [1.82, 2.24) is 14.9 Å². The molecule has 1 aromatic rings. The first-order valence-corrected chi connectivity index (χ1v) is 9.51. The Kier molecular flexibility index (Phi) is 6.56. The molecule has 1 amide bonds. The number of carbonyl (C=O) groups is 2. The third kappa shape index (κ3) is 5.34. The van der Waals surface area contributed by atoms with Crippen LogP contribution >= 0.6 is 0 Å². The van der Waals surface area contributed by atoms with Crippen molar-refractivity contribution in [2.45, 2.75) is 44.1 Å². The first-order valence-electron chi connectivity index (χ1n) is 9.51. The van der Waals surface area contributed by atoms with E-state index in [4.69, 9.17) is 14.6 Å². The molecule has 0 aliphatic carbocycles. The van der Waals surface area contributed by atoms with E-state index in [1.807, 2.05) is 11.0 Å². The highest BCUT2D eigenvalue weighted by atomic mass is 19.4. The molecule has 1 N–H and O–H groups in total. The third-order valence-electron chi connectivity index (χ3n) is 5.38. The van der Waals surface area contributed by atoms with E-state index in [1.54, 1.807) is 12.5 Å². The maximum Gasteiger partial charge on any atom is 0.490 e. The molecule has 4 heterocycles. The van der Waals surface area contributed by atoms with Gasteiger partial charge in [0, 0.05) is 32.4 Å². The van der Waals surface area contributed by atoms with Gasteiger partial charge in [-0.1, -0.05) is 0 Å². The van der Waals surface area contributed by atoms with Crippen molar-refractivity contribution >= 4 is 17.7 Å². The van der Waals surface area contributed by atoms with Crippen LogP contribution in [0.15, 0.2) is 18.6 Å². The Balaban J connectivity index is 0.000000298. The predicted octanol–water partition coefficient (Wildman–Crippen LogP) is 1.72. The third-order valence-corrected chi connectivity index (χ3v) is 5.38. The van der Waals surface area contributed by atoms with Crippen LogP contribution in [0.25, 0.3) is 0 Å². The minimum Gasteiger partial charge on any atom is -0.475 e. The number of carbonyl (C=O) groups excluding carboxylic acids is 1. The number of amides is 1. The number of alkyl halides is 3. The minimum atomic E-state index is -5.08. The van der Waals surface area contributed by atoms with Gasteiger partial charge in [0.15, 0.2) is 0 Å². The second kappa shape index (κ2) is 8.93. The first-order chi connectivity index (χ1) is 13.8. The molecule has 11 heteroatoms. The van der Waals surface area contributed by atoms with Crippen LogP contribution in [0.5, 0.6) is 0 Å². The van der Waals surface area contributed by atoms with Crippen molar-refractivity contribution in [2.24, 2.45) is 5.92 Å². The second-order valence-electron chi connectivity index (χ2n) is 7.30. The van der Waals surface area contributed by atoms with Gasteiger partial charge in [-0.3, -0.25) is 4.79 Å². The lowest BCUT2D eigenvalue weighted by molar-refractivity contribution is -0.192. The van der Waals surface area contributed by atoms with Gasteiger partial charge >= 0.3 is 12.1 Å². The highest BCUT2D eigenvalue weighted by molar-refractivity contribution is 5.81. The predicted molar refractivity (Wildman–Crippen MR) is 95.1 cm³/mol. The van der Waals surface area contributed by atoms with E-state index in [0.717, 1.165) is 57.7 Å². The van der Waals surface area contributed by atoms with Crippen molar-refractivity contribution in [3.63, 3.8) is 0 Å². The largest absolute Gasteiger partial charge is 0.490 e. The molecule has 8 nitrogen and oxygen atoms in total. The summed E-state index contributed by atoms with van der Waals surface area (Å²) in [6.45, 7) is 3.61. The van der Waals surface area contributed by atoms with E-state index in [2.05, 4.69) is 14.9 Å². The van der Waals surface area contributed by atoms with Crippen LogP contribution in [0.2, 0.25) is 0 Å². The highest BCUT2D eigenvalue weighted by Crippen LogP contribution is 2.35. The maximum absolute atomic E-state index is 12.5. The Morgan fingerprint density at radius 1 is 1.21 bits per heavy atom. The van der Waals surface area contributed by atoms with Gasteiger partial charge in [-0.2, -0.15) is 13.2 Å².